The van der Waals surface area contributed by atoms with Gasteiger partial charge in [0.25, 0.3) is 11.8 Å². The van der Waals surface area contributed by atoms with Crippen LogP contribution in [0, 0.1) is 0 Å². The Morgan fingerprint density at radius 3 is 2.44 bits per heavy atom. The quantitative estimate of drug-likeness (QED) is 0.283. The maximum Gasteiger partial charge on any atom is 0.342 e. The SMILES string of the molecule is CCOC(=O)c1c(-c2ccccc2)oc2ccc(OCC(=O)NNC(=O)c3cccc(OC)c3)cc12. The molecular weight excluding hydrogens is 464 g/mol. The number of benzene rings is 3. The summed E-state index contributed by atoms with van der Waals surface area (Å²) in [6.07, 6.45) is 0. The van der Waals surface area contributed by atoms with E-state index in [-0.39, 0.29) is 18.8 Å². The molecule has 2 N–H and O–H groups in total. The third kappa shape index (κ3) is 5.47. The predicted octanol–water partition coefficient (Wildman–Crippen LogP) is 4.13. The summed E-state index contributed by atoms with van der Waals surface area (Å²) in [5.41, 5.74) is 6.42. The lowest BCUT2D eigenvalue weighted by Crippen LogP contribution is -2.43. The maximum absolute atomic E-state index is 12.8. The Bertz CT molecular complexity index is 1400. The van der Waals surface area contributed by atoms with Gasteiger partial charge in [-0.05, 0) is 43.3 Å². The van der Waals surface area contributed by atoms with Crippen molar-refractivity contribution >= 4 is 28.8 Å². The highest BCUT2D eigenvalue weighted by molar-refractivity contribution is 6.09. The Morgan fingerprint density at radius 1 is 0.889 bits per heavy atom. The number of amides is 2. The topological polar surface area (TPSA) is 116 Å². The van der Waals surface area contributed by atoms with Gasteiger partial charge in [-0.2, -0.15) is 0 Å². The fourth-order valence-electron chi connectivity index (χ4n) is 3.51. The van der Waals surface area contributed by atoms with Crippen molar-refractivity contribution in [3.8, 4) is 22.8 Å². The number of hydrogen-bond donors (Lipinski definition) is 2. The Hall–Kier alpha value is -4.79. The number of carbonyl (C=O) groups is 3. The lowest BCUT2D eigenvalue weighted by Gasteiger charge is -2.09. The zero-order valence-corrected chi connectivity index (χ0v) is 19.7. The Morgan fingerprint density at radius 2 is 1.69 bits per heavy atom. The van der Waals surface area contributed by atoms with Crippen LogP contribution in [0.4, 0.5) is 0 Å². The molecule has 0 aliphatic rings. The third-order valence-electron chi connectivity index (χ3n) is 5.19. The average Bonchev–Trinajstić information content (AvgIpc) is 3.30. The molecule has 3 aromatic carbocycles. The number of fused-ring (bicyclic) bond motifs is 1. The molecule has 4 aromatic rings. The van der Waals surface area contributed by atoms with E-state index >= 15 is 0 Å². The summed E-state index contributed by atoms with van der Waals surface area (Å²) < 4.78 is 21.9. The van der Waals surface area contributed by atoms with Gasteiger partial charge >= 0.3 is 5.97 Å². The van der Waals surface area contributed by atoms with Crippen molar-refractivity contribution in [3.63, 3.8) is 0 Å². The van der Waals surface area contributed by atoms with Crippen molar-refractivity contribution in [2.75, 3.05) is 20.3 Å². The molecule has 9 nitrogen and oxygen atoms in total. The fraction of sp³-hybridized carbons (Fsp3) is 0.148. The van der Waals surface area contributed by atoms with Crippen LogP contribution in [0.25, 0.3) is 22.3 Å². The first-order valence-corrected chi connectivity index (χ1v) is 11.1. The summed E-state index contributed by atoms with van der Waals surface area (Å²) in [7, 11) is 1.50. The predicted molar refractivity (Wildman–Crippen MR) is 132 cm³/mol. The van der Waals surface area contributed by atoms with E-state index in [9.17, 15) is 14.4 Å². The Labute approximate surface area is 206 Å². The number of esters is 1. The molecule has 0 aliphatic heterocycles. The van der Waals surface area contributed by atoms with Crippen LogP contribution in [0.3, 0.4) is 0 Å². The minimum atomic E-state index is -0.575. The zero-order valence-electron chi connectivity index (χ0n) is 19.7. The summed E-state index contributed by atoms with van der Waals surface area (Å²) in [6, 6.07) is 20.6. The first kappa shape index (κ1) is 24.3. The van der Waals surface area contributed by atoms with Gasteiger partial charge in [-0.15, -0.1) is 0 Å². The summed E-state index contributed by atoms with van der Waals surface area (Å²) in [5, 5.41) is 0.497. The van der Waals surface area contributed by atoms with Crippen LogP contribution in [0.1, 0.15) is 27.6 Å². The fourth-order valence-corrected chi connectivity index (χ4v) is 3.51. The molecule has 1 aromatic heterocycles. The zero-order chi connectivity index (χ0) is 25.5. The van der Waals surface area contributed by atoms with E-state index in [2.05, 4.69) is 10.9 Å². The van der Waals surface area contributed by atoms with Crippen LogP contribution >= 0.6 is 0 Å². The van der Waals surface area contributed by atoms with Gasteiger partial charge in [0.2, 0.25) is 0 Å². The summed E-state index contributed by atoms with van der Waals surface area (Å²) >= 11 is 0. The first-order valence-electron chi connectivity index (χ1n) is 11.1. The van der Waals surface area contributed by atoms with Crippen LogP contribution in [-0.2, 0) is 9.53 Å². The lowest BCUT2D eigenvalue weighted by molar-refractivity contribution is -0.123. The average molecular weight is 488 g/mol. The van der Waals surface area contributed by atoms with Crippen molar-refractivity contribution in [1.82, 2.24) is 10.9 Å². The van der Waals surface area contributed by atoms with Crippen molar-refractivity contribution in [2.24, 2.45) is 0 Å². The molecule has 184 valence electrons. The van der Waals surface area contributed by atoms with E-state index < -0.39 is 17.8 Å². The Balaban J connectivity index is 1.46. The molecular formula is C27H24N2O7. The van der Waals surface area contributed by atoms with Crippen LogP contribution < -0.4 is 20.3 Å². The van der Waals surface area contributed by atoms with Gasteiger partial charge in [-0.1, -0.05) is 36.4 Å². The van der Waals surface area contributed by atoms with Crippen molar-refractivity contribution in [3.05, 3.63) is 83.9 Å². The van der Waals surface area contributed by atoms with Crippen LogP contribution in [0.5, 0.6) is 11.5 Å². The maximum atomic E-state index is 12.8. The molecule has 0 atom stereocenters. The number of hydrazine groups is 1. The molecule has 1 heterocycles. The van der Waals surface area contributed by atoms with Crippen molar-refractivity contribution in [1.29, 1.82) is 0 Å². The van der Waals surface area contributed by atoms with Gasteiger partial charge in [0.15, 0.2) is 6.61 Å². The molecule has 0 bridgehead atoms. The smallest absolute Gasteiger partial charge is 0.342 e. The van der Waals surface area contributed by atoms with Gasteiger partial charge in [0.1, 0.15) is 28.4 Å². The van der Waals surface area contributed by atoms with Gasteiger partial charge in [-0.25, -0.2) is 4.79 Å². The van der Waals surface area contributed by atoms with E-state index in [0.717, 1.165) is 5.56 Å². The summed E-state index contributed by atoms with van der Waals surface area (Å²) in [5.74, 6) is -0.361. The molecule has 36 heavy (non-hydrogen) atoms. The number of hydrogen-bond acceptors (Lipinski definition) is 7. The molecule has 9 heteroatoms. The van der Waals surface area contributed by atoms with Crippen LogP contribution in [0.2, 0.25) is 0 Å². The number of ether oxygens (including phenoxy) is 3. The number of rotatable bonds is 8. The monoisotopic (exact) mass is 488 g/mol. The van der Waals surface area contributed by atoms with Crippen LogP contribution in [0.15, 0.2) is 77.2 Å². The van der Waals surface area contributed by atoms with Gasteiger partial charge in [-0.3, -0.25) is 20.4 Å². The highest BCUT2D eigenvalue weighted by Gasteiger charge is 2.23. The van der Waals surface area contributed by atoms with Crippen molar-refractivity contribution in [2.45, 2.75) is 6.92 Å². The molecule has 4 rings (SSSR count). The van der Waals surface area contributed by atoms with Gasteiger partial charge in [0, 0.05) is 16.5 Å². The number of carbonyl (C=O) groups excluding carboxylic acids is 3. The molecule has 0 fully saturated rings. The molecule has 0 saturated carbocycles. The summed E-state index contributed by atoms with van der Waals surface area (Å²) in [6.45, 7) is 1.56. The molecule has 0 radical (unpaired) electrons. The Kier molecular flexibility index (Phi) is 7.50. The first-order chi connectivity index (χ1) is 17.5. The standard InChI is InChI=1S/C27H24N2O7/c1-3-34-27(32)24-21-15-20(12-13-22(21)36-25(24)17-8-5-4-6-9-17)35-16-23(30)28-29-26(31)18-10-7-11-19(14-18)33-2/h4-15H,3,16H2,1-2H3,(H,28,30)(H,29,31). The van der Waals surface area contributed by atoms with E-state index in [4.69, 9.17) is 18.6 Å². The second-order valence-corrected chi connectivity index (χ2v) is 7.57. The highest BCUT2D eigenvalue weighted by Crippen LogP contribution is 2.36. The van der Waals surface area contributed by atoms with E-state index in [0.29, 0.717) is 33.8 Å². The number of nitrogens with one attached hydrogen (secondary N) is 2. The van der Waals surface area contributed by atoms with E-state index in [1.807, 2.05) is 30.3 Å². The summed E-state index contributed by atoms with van der Waals surface area (Å²) in [4.78, 5) is 37.2. The minimum Gasteiger partial charge on any atom is -0.497 e. The number of methoxy groups -OCH3 is 1. The molecule has 2 amide bonds. The van der Waals surface area contributed by atoms with Gasteiger partial charge in [0.05, 0.1) is 13.7 Å². The van der Waals surface area contributed by atoms with E-state index in [1.165, 1.54) is 7.11 Å². The minimum absolute atomic E-state index is 0.206. The van der Waals surface area contributed by atoms with E-state index in [1.54, 1.807) is 49.4 Å². The highest BCUT2D eigenvalue weighted by atomic mass is 16.5. The second-order valence-electron chi connectivity index (χ2n) is 7.57. The molecule has 0 aliphatic carbocycles. The normalized spacial score (nSPS) is 10.5. The third-order valence-corrected chi connectivity index (χ3v) is 5.19. The van der Waals surface area contributed by atoms with Crippen LogP contribution in [-0.4, -0.2) is 38.1 Å². The number of furan rings is 1. The van der Waals surface area contributed by atoms with Crippen molar-refractivity contribution < 1.29 is 33.0 Å². The molecule has 0 saturated heterocycles. The largest absolute Gasteiger partial charge is 0.497 e. The van der Waals surface area contributed by atoms with Gasteiger partial charge < -0.3 is 18.6 Å². The molecule has 0 spiro atoms. The second kappa shape index (κ2) is 11.1. The molecule has 0 unspecified atom stereocenters. The lowest BCUT2D eigenvalue weighted by atomic mass is 10.1.